The Morgan fingerprint density at radius 2 is 1.83 bits per heavy atom. The maximum absolute atomic E-state index is 13.0. The van der Waals surface area contributed by atoms with Crippen molar-refractivity contribution in [3.63, 3.8) is 0 Å². The molecule has 0 aliphatic carbocycles. The van der Waals surface area contributed by atoms with Crippen LogP contribution >= 0.6 is 11.3 Å². The highest BCUT2D eigenvalue weighted by Crippen LogP contribution is 2.28. The van der Waals surface area contributed by atoms with Crippen molar-refractivity contribution in [3.05, 3.63) is 47.1 Å². The molecule has 29 heavy (non-hydrogen) atoms. The number of hydrogen-bond donors (Lipinski definition) is 0. The van der Waals surface area contributed by atoms with Crippen LogP contribution in [0.2, 0.25) is 0 Å². The van der Waals surface area contributed by atoms with Crippen molar-refractivity contribution in [2.75, 3.05) is 46.5 Å². The largest absolute Gasteiger partial charge is 0.451 e. The van der Waals surface area contributed by atoms with Gasteiger partial charge in [-0.25, -0.2) is 9.18 Å². The third kappa shape index (κ3) is 5.61. The minimum atomic E-state index is -0.621. The highest BCUT2D eigenvalue weighted by molar-refractivity contribution is 7.17. The molecule has 0 saturated carbocycles. The van der Waals surface area contributed by atoms with Crippen LogP contribution in [-0.2, 0) is 19.1 Å². The number of amides is 2. The van der Waals surface area contributed by atoms with Crippen molar-refractivity contribution in [2.45, 2.75) is 0 Å². The maximum Gasteiger partial charge on any atom is 0.348 e. The zero-order valence-corrected chi connectivity index (χ0v) is 16.7. The van der Waals surface area contributed by atoms with Gasteiger partial charge in [-0.15, -0.1) is 11.3 Å². The van der Waals surface area contributed by atoms with Crippen LogP contribution in [0, 0.1) is 5.82 Å². The van der Waals surface area contributed by atoms with Crippen LogP contribution < -0.4 is 0 Å². The Morgan fingerprint density at radius 3 is 2.52 bits per heavy atom. The molecule has 0 spiro atoms. The molecule has 2 aromatic rings. The SMILES string of the molecule is CN(CC(=O)N1CCOCC1)C(=O)COC(=O)c1ccc(-c2ccc(F)cc2)s1. The molecule has 3 rings (SSSR count). The number of nitrogens with zero attached hydrogens (tertiary/aromatic N) is 2. The van der Waals surface area contributed by atoms with E-state index in [0.717, 1.165) is 10.4 Å². The van der Waals surface area contributed by atoms with Gasteiger partial charge in [-0.05, 0) is 29.8 Å². The minimum absolute atomic E-state index is 0.0793. The van der Waals surface area contributed by atoms with Crippen molar-refractivity contribution >= 4 is 29.1 Å². The van der Waals surface area contributed by atoms with E-state index in [2.05, 4.69) is 0 Å². The van der Waals surface area contributed by atoms with Crippen molar-refractivity contribution < 1.29 is 28.2 Å². The summed E-state index contributed by atoms with van der Waals surface area (Å²) in [6.45, 7) is 1.46. The van der Waals surface area contributed by atoms with Crippen molar-refractivity contribution in [1.82, 2.24) is 9.80 Å². The molecule has 0 bridgehead atoms. The molecule has 0 radical (unpaired) electrons. The van der Waals surface area contributed by atoms with Crippen LogP contribution in [0.3, 0.4) is 0 Å². The average Bonchev–Trinajstić information content (AvgIpc) is 3.23. The van der Waals surface area contributed by atoms with E-state index in [9.17, 15) is 18.8 Å². The lowest BCUT2D eigenvalue weighted by Crippen LogP contribution is -2.46. The third-order valence-electron chi connectivity index (χ3n) is 4.42. The van der Waals surface area contributed by atoms with Gasteiger partial charge in [-0.1, -0.05) is 12.1 Å². The summed E-state index contributed by atoms with van der Waals surface area (Å²) in [7, 11) is 1.49. The minimum Gasteiger partial charge on any atom is -0.451 e. The van der Waals surface area contributed by atoms with Gasteiger partial charge in [0.15, 0.2) is 6.61 Å². The maximum atomic E-state index is 13.0. The van der Waals surface area contributed by atoms with Crippen LogP contribution in [0.1, 0.15) is 9.67 Å². The summed E-state index contributed by atoms with van der Waals surface area (Å²) in [6, 6.07) is 9.28. The van der Waals surface area contributed by atoms with E-state index in [-0.39, 0.29) is 18.3 Å². The number of morpholine rings is 1. The number of benzene rings is 1. The Labute approximate surface area is 171 Å². The highest BCUT2D eigenvalue weighted by atomic mass is 32.1. The number of ether oxygens (including phenoxy) is 2. The normalized spacial score (nSPS) is 13.8. The molecule has 1 saturated heterocycles. The summed E-state index contributed by atoms with van der Waals surface area (Å²) in [6.07, 6.45) is 0. The molecule has 1 aromatic carbocycles. The first-order valence-corrected chi connectivity index (χ1v) is 9.88. The number of rotatable bonds is 6. The van der Waals surface area contributed by atoms with Crippen molar-refractivity contribution in [3.8, 4) is 10.4 Å². The van der Waals surface area contributed by atoms with Crippen molar-refractivity contribution in [1.29, 1.82) is 0 Å². The van der Waals surface area contributed by atoms with E-state index in [1.165, 1.54) is 35.4 Å². The summed E-state index contributed by atoms with van der Waals surface area (Å²) in [5, 5.41) is 0. The third-order valence-corrected chi connectivity index (χ3v) is 5.54. The van der Waals surface area contributed by atoms with E-state index >= 15 is 0 Å². The predicted molar refractivity (Wildman–Crippen MR) is 105 cm³/mol. The lowest BCUT2D eigenvalue weighted by molar-refractivity contribution is -0.143. The Morgan fingerprint density at radius 1 is 1.14 bits per heavy atom. The molecular weight excluding hydrogens is 399 g/mol. The van der Waals surface area contributed by atoms with E-state index in [4.69, 9.17) is 9.47 Å². The van der Waals surface area contributed by atoms with E-state index in [1.807, 2.05) is 0 Å². The first-order chi connectivity index (χ1) is 13.9. The Balaban J connectivity index is 1.49. The summed E-state index contributed by atoms with van der Waals surface area (Å²) < 4.78 is 23.3. The van der Waals surface area contributed by atoms with E-state index in [1.54, 1.807) is 29.2 Å². The molecule has 9 heteroatoms. The summed E-state index contributed by atoms with van der Waals surface area (Å²) in [4.78, 5) is 40.6. The number of halogens is 1. The molecule has 1 fully saturated rings. The second kappa shape index (κ2) is 9.62. The van der Waals surface area contributed by atoms with Crippen molar-refractivity contribution in [2.24, 2.45) is 0 Å². The van der Waals surface area contributed by atoms with Gasteiger partial charge >= 0.3 is 5.97 Å². The number of carbonyl (C=O) groups excluding carboxylic acids is 3. The smallest absolute Gasteiger partial charge is 0.348 e. The molecule has 154 valence electrons. The lowest BCUT2D eigenvalue weighted by atomic mass is 10.2. The molecule has 2 heterocycles. The van der Waals surface area contributed by atoms with Gasteiger partial charge in [0.25, 0.3) is 5.91 Å². The van der Waals surface area contributed by atoms with Gasteiger partial charge in [0.2, 0.25) is 5.91 Å². The monoisotopic (exact) mass is 420 g/mol. The second-order valence-electron chi connectivity index (χ2n) is 6.49. The van der Waals surface area contributed by atoms with Gasteiger partial charge in [-0.3, -0.25) is 9.59 Å². The molecule has 1 aliphatic rings. The van der Waals surface area contributed by atoms with Gasteiger partial charge in [0.05, 0.1) is 19.8 Å². The lowest BCUT2D eigenvalue weighted by Gasteiger charge is -2.28. The Bertz CT molecular complexity index is 877. The summed E-state index contributed by atoms with van der Waals surface area (Å²) in [5.74, 6) is -1.59. The molecule has 1 aromatic heterocycles. The number of likely N-dealkylation sites (N-methyl/N-ethyl adjacent to an activating group) is 1. The van der Waals surface area contributed by atoms with Crippen LogP contribution in [0.5, 0.6) is 0 Å². The highest BCUT2D eigenvalue weighted by Gasteiger charge is 2.21. The molecule has 0 unspecified atom stereocenters. The fraction of sp³-hybridized carbons (Fsp3) is 0.350. The molecule has 1 aliphatic heterocycles. The van der Waals surface area contributed by atoms with Gasteiger partial charge < -0.3 is 19.3 Å². The number of hydrogen-bond acceptors (Lipinski definition) is 6. The average molecular weight is 420 g/mol. The zero-order chi connectivity index (χ0) is 20.8. The quantitative estimate of drug-likeness (QED) is 0.669. The van der Waals surface area contributed by atoms with Crippen LogP contribution in [0.15, 0.2) is 36.4 Å². The Kier molecular flexibility index (Phi) is 6.95. The standard InChI is InChI=1S/C20H21FN2O5S/c1-22(12-18(24)23-8-10-27-11-9-23)19(25)13-28-20(26)17-7-6-16(29-17)14-2-4-15(21)5-3-14/h2-7H,8-13H2,1H3. The van der Waals surface area contributed by atoms with Gasteiger partial charge in [-0.2, -0.15) is 0 Å². The fourth-order valence-corrected chi connectivity index (χ4v) is 3.63. The summed E-state index contributed by atoms with van der Waals surface area (Å²) in [5.41, 5.74) is 0.785. The first kappa shape index (κ1) is 20.9. The summed E-state index contributed by atoms with van der Waals surface area (Å²) >= 11 is 1.19. The molecule has 2 amide bonds. The Hall–Kier alpha value is -2.78. The predicted octanol–water partition coefficient (Wildman–Crippen LogP) is 2.03. The van der Waals surface area contributed by atoms with Crippen LogP contribution in [-0.4, -0.2) is 74.1 Å². The van der Waals surface area contributed by atoms with Crippen LogP contribution in [0.4, 0.5) is 4.39 Å². The fourth-order valence-electron chi connectivity index (χ4n) is 2.73. The molecule has 0 N–H and O–H groups in total. The number of carbonyl (C=O) groups is 3. The molecule has 7 nitrogen and oxygen atoms in total. The van der Waals surface area contributed by atoms with Gasteiger partial charge in [0.1, 0.15) is 10.7 Å². The first-order valence-electron chi connectivity index (χ1n) is 9.06. The number of esters is 1. The second-order valence-corrected chi connectivity index (χ2v) is 7.57. The number of thiophene rings is 1. The van der Waals surface area contributed by atoms with Crippen LogP contribution in [0.25, 0.3) is 10.4 Å². The zero-order valence-electron chi connectivity index (χ0n) is 15.9. The van der Waals surface area contributed by atoms with E-state index in [0.29, 0.717) is 31.2 Å². The van der Waals surface area contributed by atoms with Gasteiger partial charge in [0, 0.05) is 25.0 Å². The van der Waals surface area contributed by atoms with E-state index < -0.39 is 18.5 Å². The topological polar surface area (TPSA) is 76.2 Å². The molecule has 0 atom stereocenters. The molecular formula is C20H21FN2O5S.